The molecule has 0 spiro atoms. The lowest BCUT2D eigenvalue weighted by molar-refractivity contribution is 0.0951. The molecule has 1 aromatic heterocycles. The van der Waals surface area contributed by atoms with Gasteiger partial charge in [-0.15, -0.1) is 6.58 Å². The van der Waals surface area contributed by atoms with Gasteiger partial charge < -0.3 is 15.8 Å². The molecular formula is C20H25N3O2. The smallest absolute Gasteiger partial charge is 0.255 e. The van der Waals surface area contributed by atoms with Crippen LogP contribution in [-0.4, -0.2) is 17.5 Å². The lowest BCUT2D eigenvalue weighted by atomic mass is 10.2. The van der Waals surface area contributed by atoms with Crippen molar-refractivity contribution < 1.29 is 9.53 Å². The number of nitrogen functional groups attached to an aromatic ring is 1. The fraction of sp³-hybridized carbons (Fsp3) is 0.300. The van der Waals surface area contributed by atoms with E-state index in [-0.39, 0.29) is 11.7 Å². The average molecular weight is 339 g/mol. The van der Waals surface area contributed by atoms with Crippen LogP contribution in [-0.2, 0) is 6.54 Å². The number of nitrogens with one attached hydrogen (secondary N) is 1. The molecule has 0 aliphatic heterocycles. The molecule has 0 aliphatic carbocycles. The molecular weight excluding hydrogens is 314 g/mol. The maximum Gasteiger partial charge on any atom is 0.255 e. The van der Waals surface area contributed by atoms with E-state index in [1.165, 1.54) is 0 Å². The maximum atomic E-state index is 12.2. The summed E-state index contributed by atoms with van der Waals surface area (Å²) in [5.41, 5.74) is 7.07. The van der Waals surface area contributed by atoms with Gasteiger partial charge in [-0.25, -0.2) is 4.98 Å². The minimum Gasteiger partial charge on any atom is -0.494 e. The number of carbonyl (C=O) groups excluding carboxylic acids is 1. The van der Waals surface area contributed by atoms with Gasteiger partial charge in [-0.05, 0) is 55.5 Å². The van der Waals surface area contributed by atoms with Crippen molar-refractivity contribution >= 4 is 11.7 Å². The summed E-state index contributed by atoms with van der Waals surface area (Å²) in [7, 11) is 0. The predicted molar refractivity (Wildman–Crippen MR) is 100 cm³/mol. The van der Waals surface area contributed by atoms with Gasteiger partial charge >= 0.3 is 0 Å². The monoisotopic (exact) mass is 339 g/mol. The zero-order valence-electron chi connectivity index (χ0n) is 14.4. The Labute approximate surface area is 148 Å². The molecule has 25 heavy (non-hydrogen) atoms. The fourth-order valence-corrected chi connectivity index (χ4v) is 2.39. The van der Waals surface area contributed by atoms with Crippen LogP contribution < -0.4 is 15.8 Å². The Hall–Kier alpha value is -2.82. The number of pyridine rings is 1. The van der Waals surface area contributed by atoms with Crippen LogP contribution in [0, 0.1) is 0 Å². The normalized spacial score (nSPS) is 10.2. The highest BCUT2D eigenvalue weighted by atomic mass is 16.5. The molecule has 1 aromatic carbocycles. The summed E-state index contributed by atoms with van der Waals surface area (Å²) in [6.07, 6.45) is 7.86. The standard InChI is InChI=1S/C20H25N3O2/c1-2-3-4-5-6-13-25-17-10-7-9-16(14-17)15-23-20(24)18-11-8-12-22-19(18)21/h2,7-12,14H,1,3-6,13,15H2,(H2,21,22)(H,23,24). The van der Waals surface area contributed by atoms with E-state index in [4.69, 9.17) is 10.5 Å². The highest BCUT2D eigenvalue weighted by Gasteiger charge is 2.09. The van der Waals surface area contributed by atoms with Crippen LogP contribution in [0.4, 0.5) is 5.82 Å². The van der Waals surface area contributed by atoms with Crippen LogP contribution in [0.5, 0.6) is 5.75 Å². The van der Waals surface area contributed by atoms with Crippen LogP contribution in [0.1, 0.15) is 41.6 Å². The van der Waals surface area contributed by atoms with E-state index < -0.39 is 0 Å². The average Bonchev–Trinajstić information content (AvgIpc) is 2.63. The molecule has 0 aliphatic rings. The van der Waals surface area contributed by atoms with Crippen molar-refractivity contribution in [3.63, 3.8) is 0 Å². The number of hydrogen-bond acceptors (Lipinski definition) is 4. The summed E-state index contributed by atoms with van der Waals surface area (Å²) in [5, 5.41) is 2.85. The minimum absolute atomic E-state index is 0.230. The van der Waals surface area contributed by atoms with Gasteiger partial charge in [0.05, 0.1) is 12.2 Å². The van der Waals surface area contributed by atoms with Crippen molar-refractivity contribution in [1.29, 1.82) is 0 Å². The molecule has 3 N–H and O–H groups in total. The van der Waals surface area contributed by atoms with E-state index in [1.54, 1.807) is 18.3 Å². The maximum absolute atomic E-state index is 12.2. The number of nitrogens with zero attached hydrogens (tertiary/aromatic N) is 1. The number of hydrogen-bond donors (Lipinski definition) is 2. The molecule has 0 saturated heterocycles. The van der Waals surface area contributed by atoms with E-state index in [0.29, 0.717) is 18.7 Å². The van der Waals surface area contributed by atoms with Crippen molar-refractivity contribution in [3.05, 3.63) is 66.4 Å². The van der Waals surface area contributed by atoms with Gasteiger partial charge in [0.1, 0.15) is 11.6 Å². The second-order valence-electron chi connectivity index (χ2n) is 5.75. The number of ether oxygens (including phenoxy) is 1. The van der Waals surface area contributed by atoms with Gasteiger partial charge in [0.15, 0.2) is 0 Å². The third-order valence-corrected chi connectivity index (χ3v) is 3.76. The van der Waals surface area contributed by atoms with Crippen molar-refractivity contribution in [1.82, 2.24) is 10.3 Å². The summed E-state index contributed by atoms with van der Waals surface area (Å²) >= 11 is 0. The van der Waals surface area contributed by atoms with Crippen LogP contribution in [0.2, 0.25) is 0 Å². The summed E-state index contributed by atoms with van der Waals surface area (Å²) in [5.74, 6) is 0.809. The molecule has 5 heteroatoms. The highest BCUT2D eigenvalue weighted by molar-refractivity contribution is 5.98. The molecule has 0 bridgehead atoms. The molecule has 0 saturated carbocycles. The zero-order chi connectivity index (χ0) is 17.9. The third-order valence-electron chi connectivity index (χ3n) is 3.76. The first-order valence-electron chi connectivity index (χ1n) is 8.52. The van der Waals surface area contributed by atoms with Gasteiger partial charge in [-0.3, -0.25) is 4.79 Å². The van der Waals surface area contributed by atoms with E-state index in [0.717, 1.165) is 37.0 Å². The van der Waals surface area contributed by atoms with Crippen molar-refractivity contribution in [2.45, 2.75) is 32.2 Å². The second kappa shape index (κ2) is 10.1. The Morgan fingerprint density at radius 3 is 2.92 bits per heavy atom. The van der Waals surface area contributed by atoms with E-state index >= 15 is 0 Å². The largest absolute Gasteiger partial charge is 0.494 e. The number of nitrogens with two attached hydrogens (primary N) is 1. The minimum atomic E-state index is -0.237. The number of unbranched alkanes of at least 4 members (excludes halogenated alkanes) is 3. The first kappa shape index (κ1) is 18.5. The quantitative estimate of drug-likeness (QED) is 0.511. The van der Waals surface area contributed by atoms with Crippen molar-refractivity contribution in [2.24, 2.45) is 0 Å². The zero-order valence-corrected chi connectivity index (χ0v) is 14.4. The first-order chi connectivity index (χ1) is 12.2. The summed E-state index contributed by atoms with van der Waals surface area (Å²) < 4.78 is 5.77. The van der Waals surface area contributed by atoms with E-state index in [1.807, 2.05) is 30.3 Å². The predicted octanol–water partition coefficient (Wildman–Crippen LogP) is 3.72. The molecule has 2 rings (SSSR count). The molecule has 0 unspecified atom stereocenters. The van der Waals surface area contributed by atoms with Crippen LogP contribution in [0.25, 0.3) is 0 Å². The fourth-order valence-electron chi connectivity index (χ4n) is 2.39. The molecule has 132 valence electrons. The number of anilines is 1. The van der Waals surface area contributed by atoms with Crippen molar-refractivity contribution in [2.75, 3.05) is 12.3 Å². The molecule has 5 nitrogen and oxygen atoms in total. The van der Waals surface area contributed by atoms with Gasteiger partial charge in [-0.1, -0.05) is 18.2 Å². The number of amides is 1. The molecule has 1 amide bonds. The lowest BCUT2D eigenvalue weighted by Crippen LogP contribution is -2.24. The summed E-state index contributed by atoms with van der Waals surface area (Å²) in [6, 6.07) is 11.1. The van der Waals surface area contributed by atoms with Crippen LogP contribution in [0.3, 0.4) is 0 Å². The van der Waals surface area contributed by atoms with Gasteiger partial charge in [-0.2, -0.15) is 0 Å². The SMILES string of the molecule is C=CCCCCCOc1cccc(CNC(=O)c2cccnc2N)c1. The lowest BCUT2D eigenvalue weighted by Gasteiger charge is -2.09. The second-order valence-corrected chi connectivity index (χ2v) is 5.75. The van der Waals surface area contributed by atoms with Gasteiger partial charge in [0, 0.05) is 12.7 Å². The molecule has 0 fully saturated rings. The van der Waals surface area contributed by atoms with Crippen molar-refractivity contribution in [3.8, 4) is 5.75 Å². The number of carbonyl (C=O) groups is 1. The molecule has 0 atom stereocenters. The Morgan fingerprint density at radius 2 is 2.12 bits per heavy atom. The first-order valence-corrected chi connectivity index (χ1v) is 8.52. The molecule has 2 aromatic rings. The van der Waals surface area contributed by atoms with Crippen LogP contribution >= 0.6 is 0 Å². The molecule has 0 radical (unpaired) electrons. The van der Waals surface area contributed by atoms with Gasteiger partial charge in [0.25, 0.3) is 5.91 Å². The third kappa shape index (κ3) is 6.30. The molecule has 1 heterocycles. The summed E-state index contributed by atoms with van der Waals surface area (Å²) in [6.45, 7) is 4.82. The number of rotatable bonds is 10. The Bertz CT molecular complexity index is 701. The van der Waals surface area contributed by atoms with Crippen LogP contribution in [0.15, 0.2) is 55.3 Å². The summed E-state index contributed by atoms with van der Waals surface area (Å²) in [4.78, 5) is 16.1. The highest BCUT2D eigenvalue weighted by Crippen LogP contribution is 2.15. The van der Waals surface area contributed by atoms with E-state index in [9.17, 15) is 4.79 Å². The number of allylic oxidation sites excluding steroid dienone is 1. The number of aromatic nitrogens is 1. The topological polar surface area (TPSA) is 77.2 Å². The Morgan fingerprint density at radius 1 is 1.24 bits per heavy atom. The van der Waals surface area contributed by atoms with Gasteiger partial charge in [0.2, 0.25) is 0 Å². The van der Waals surface area contributed by atoms with E-state index in [2.05, 4.69) is 16.9 Å². The Balaban J connectivity index is 1.80. The Kier molecular flexibility index (Phi) is 7.50. The number of benzene rings is 1.